The minimum Gasteiger partial charge on any atom is -0.493 e. The summed E-state index contributed by atoms with van der Waals surface area (Å²) in [4.78, 5) is 39.2. The van der Waals surface area contributed by atoms with Crippen molar-refractivity contribution in [3.05, 3.63) is 35.1 Å². The smallest absolute Gasteiger partial charge is 0.493 e. The molecule has 1 aromatic carbocycles. The zero-order valence-electron chi connectivity index (χ0n) is 23.9. The Bertz CT molecular complexity index is 1250. The predicted molar refractivity (Wildman–Crippen MR) is 142 cm³/mol. The fourth-order valence-electron chi connectivity index (χ4n) is 6.67. The van der Waals surface area contributed by atoms with Crippen LogP contribution in [0, 0.1) is 0 Å². The molecule has 40 heavy (non-hydrogen) atoms. The summed E-state index contributed by atoms with van der Waals surface area (Å²) < 4.78 is 27.9. The number of rotatable bonds is 7. The van der Waals surface area contributed by atoms with Gasteiger partial charge in [-0.3, -0.25) is 9.59 Å². The Balaban J connectivity index is 1.26. The Morgan fingerprint density at radius 1 is 1.27 bits per heavy atom. The molecule has 2 aliphatic carbocycles. The van der Waals surface area contributed by atoms with Crippen molar-refractivity contribution in [3.63, 3.8) is 0 Å². The Morgan fingerprint density at radius 2 is 2.02 bits per heavy atom. The highest BCUT2D eigenvalue weighted by atomic mass is 16.7. The van der Waals surface area contributed by atoms with Gasteiger partial charge in [0.15, 0.2) is 23.7 Å². The van der Waals surface area contributed by atoms with Gasteiger partial charge in [-0.25, -0.2) is 4.79 Å². The van der Waals surface area contributed by atoms with Gasteiger partial charge < -0.3 is 39.0 Å². The van der Waals surface area contributed by atoms with Crippen molar-refractivity contribution < 1.29 is 43.2 Å². The number of carbonyl (C=O) groups is 3. The number of likely N-dealkylation sites (N-methyl/N-ethyl adjacent to an activating group) is 1. The van der Waals surface area contributed by atoms with Crippen LogP contribution in [0.15, 0.2) is 24.0 Å². The first-order valence-corrected chi connectivity index (χ1v) is 13.7. The fourth-order valence-corrected chi connectivity index (χ4v) is 6.67. The number of aliphatic hydroxyl groups is 1. The molecule has 0 saturated carbocycles. The standard InChI is InChI=1S/C29H38N2O9/c1-16(37-26(34)40-27(2,3)4)25(33)30-13-10-21(32)38-19-9-11-29(35)20-15-17-7-8-18(36-6)23-22(17)28(29,24(19)39-23)12-14-31(20)5/h7-9,16,20,24,35H,10-15H2,1-6H3,(H,30,33). The summed E-state index contributed by atoms with van der Waals surface area (Å²) in [5, 5.41) is 14.8. The van der Waals surface area contributed by atoms with Gasteiger partial charge in [-0.05, 0) is 71.8 Å². The average molecular weight is 559 g/mol. The summed E-state index contributed by atoms with van der Waals surface area (Å²) in [7, 11) is 3.61. The predicted octanol–water partition coefficient (Wildman–Crippen LogP) is 2.36. The zero-order valence-corrected chi connectivity index (χ0v) is 23.9. The van der Waals surface area contributed by atoms with Crippen LogP contribution in [-0.2, 0) is 35.6 Å². The van der Waals surface area contributed by atoms with Gasteiger partial charge in [0.25, 0.3) is 5.91 Å². The van der Waals surface area contributed by atoms with Crippen LogP contribution >= 0.6 is 0 Å². The van der Waals surface area contributed by atoms with E-state index in [1.807, 2.05) is 19.2 Å². The number of likely N-dealkylation sites (tertiary alicyclic amines) is 1. The molecule has 5 atom stereocenters. The molecule has 4 aliphatic rings. The van der Waals surface area contributed by atoms with Crippen LogP contribution in [0.1, 0.15) is 58.1 Å². The minimum absolute atomic E-state index is 0.0152. The SMILES string of the molecule is COc1ccc2c3c1OC1C(OC(=O)CCNC(=O)C(C)OC(=O)OC(C)(C)C)=CCC4(O)C(C2)N(C)CCC314. The number of methoxy groups -OCH3 is 1. The van der Waals surface area contributed by atoms with Crippen LogP contribution in [0.5, 0.6) is 11.5 Å². The molecule has 2 N–H and O–H groups in total. The third kappa shape index (κ3) is 4.49. The van der Waals surface area contributed by atoms with E-state index < -0.39 is 46.9 Å². The van der Waals surface area contributed by atoms with Gasteiger partial charge in [0.05, 0.1) is 24.5 Å². The van der Waals surface area contributed by atoms with Gasteiger partial charge in [-0.2, -0.15) is 0 Å². The van der Waals surface area contributed by atoms with Crippen molar-refractivity contribution in [2.24, 2.45) is 0 Å². The van der Waals surface area contributed by atoms with E-state index in [1.165, 1.54) is 6.92 Å². The van der Waals surface area contributed by atoms with Crippen LogP contribution in [0.2, 0.25) is 0 Å². The van der Waals surface area contributed by atoms with E-state index in [-0.39, 0.29) is 19.0 Å². The molecule has 2 heterocycles. The molecule has 11 heteroatoms. The maximum atomic E-state index is 12.9. The van der Waals surface area contributed by atoms with E-state index in [0.29, 0.717) is 36.5 Å². The van der Waals surface area contributed by atoms with E-state index >= 15 is 0 Å². The Hall–Kier alpha value is -3.31. The number of carbonyl (C=O) groups excluding carboxylic acids is 3. The monoisotopic (exact) mass is 558 g/mol. The first kappa shape index (κ1) is 28.2. The molecular weight excluding hydrogens is 520 g/mol. The number of amides is 1. The molecule has 1 fully saturated rings. The van der Waals surface area contributed by atoms with Crippen LogP contribution in [0.4, 0.5) is 4.79 Å². The molecule has 1 amide bonds. The van der Waals surface area contributed by atoms with E-state index in [4.69, 9.17) is 23.7 Å². The summed E-state index contributed by atoms with van der Waals surface area (Å²) in [6.07, 6.45) is 0.552. The van der Waals surface area contributed by atoms with Crippen LogP contribution in [-0.4, -0.2) is 84.7 Å². The topological polar surface area (TPSA) is 133 Å². The molecule has 11 nitrogen and oxygen atoms in total. The largest absolute Gasteiger partial charge is 0.509 e. The highest BCUT2D eigenvalue weighted by molar-refractivity contribution is 5.83. The van der Waals surface area contributed by atoms with Crippen molar-refractivity contribution in [1.29, 1.82) is 0 Å². The molecule has 1 aromatic rings. The molecule has 2 aliphatic heterocycles. The molecule has 1 spiro atoms. The summed E-state index contributed by atoms with van der Waals surface area (Å²) in [6, 6.07) is 3.82. The third-order valence-electron chi connectivity index (χ3n) is 8.45. The maximum Gasteiger partial charge on any atom is 0.509 e. The van der Waals surface area contributed by atoms with Crippen molar-refractivity contribution >= 4 is 18.0 Å². The lowest BCUT2D eigenvalue weighted by Gasteiger charge is -2.61. The van der Waals surface area contributed by atoms with Crippen molar-refractivity contribution in [1.82, 2.24) is 10.2 Å². The van der Waals surface area contributed by atoms with Gasteiger partial charge in [-0.15, -0.1) is 0 Å². The number of hydrogen-bond donors (Lipinski definition) is 2. The van der Waals surface area contributed by atoms with Gasteiger partial charge in [0.2, 0.25) is 0 Å². The Kier molecular flexibility index (Phi) is 7.02. The first-order chi connectivity index (χ1) is 18.8. The molecular formula is C29H38N2O9. The van der Waals surface area contributed by atoms with E-state index in [1.54, 1.807) is 34.0 Å². The van der Waals surface area contributed by atoms with Gasteiger partial charge in [-0.1, -0.05) is 6.07 Å². The average Bonchev–Trinajstić information content (AvgIpc) is 3.22. The summed E-state index contributed by atoms with van der Waals surface area (Å²) in [6.45, 7) is 7.24. The van der Waals surface area contributed by atoms with Crippen molar-refractivity contribution in [2.75, 3.05) is 27.2 Å². The zero-order chi connectivity index (χ0) is 29.0. The Labute approximate surface area is 233 Å². The highest BCUT2D eigenvalue weighted by Gasteiger charge is 2.72. The molecule has 5 rings (SSSR count). The summed E-state index contributed by atoms with van der Waals surface area (Å²) in [5.74, 6) is 0.423. The van der Waals surface area contributed by atoms with Crippen molar-refractivity contribution in [2.45, 2.75) is 88.2 Å². The van der Waals surface area contributed by atoms with E-state index in [0.717, 1.165) is 17.7 Å². The minimum atomic E-state index is -1.10. The summed E-state index contributed by atoms with van der Waals surface area (Å²) in [5.41, 5.74) is -0.546. The number of esters is 1. The third-order valence-corrected chi connectivity index (χ3v) is 8.45. The number of benzene rings is 1. The second-order valence-corrected chi connectivity index (χ2v) is 12.0. The number of nitrogens with zero attached hydrogens (tertiary/aromatic N) is 1. The van der Waals surface area contributed by atoms with E-state index in [9.17, 15) is 19.5 Å². The normalized spacial score (nSPS) is 28.8. The van der Waals surface area contributed by atoms with Crippen LogP contribution in [0.3, 0.4) is 0 Å². The lowest BCUT2D eigenvalue weighted by atomic mass is 9.50. The maximum absolute atomic E-state index is 12.9. The Morgan fingerprint density at radius 3 is 2.73 bits per heavy atom. The van der Waals surface area contributed by atoms with Gasteiger partial charge >= 0.3 is 12.1 Å². The molecule has 0 aromatic heterocycles. The molecule has 1 saturated heterocycles. The number of piperidine rings is 1. The van der Waals surface area contributed by atoms with Crippen molar-refractivity contribution in [3.8, 4) is 11.5 Å². The lowest BCUT2D eigenvalue weighted by Crippen LogP contribution is -2.74. The van der Waals surface area contributed by atoms with Crippen LogP contribution < -0.4 is 14.8 Å². The fraction of sp³-hybridized carbons (Fsp3) is 0.621. The van der Waals surface area contributed by atoms with Gasteiger partial charge in [0, 0.05) is 24.6 Å². The quantitative estimate of drug-likeness (QED) is 0.481. The summed E-state index contributed by atoms with van der Waals surface area (Å²) >= 11 is 0. The van der Waals surface area contributed by atoms with Gasteiger partial charge in [0.1, 0.15) is 11.4 Å². The second-order valence-electron chi connectivity index (χ2n) is 12.0. The second kappa shape index (κ2) is 9.95. The van der Waals surface area contributed by atoms with E-state index in [2.05, 4.69) is 10.2 Å². The number of ether oxygens (including phenoxy) is 5. The van der Waals surface area contributed by atoms with Crippen LogP contribution in [0.25, 0.3) is 0 Å². The number of nitrogens with one attached hydrogen (secondary N) is 1. The molecule has 218 valence electrons. The number of hydrogen-bond acceptors (Lipinski definition) is 10. The molecule has 2 bridgehead atoms. The highest BCUT2D eigenvalue weighted by Crippen LogP contribution is 2.65. The molecule has 5 unspecified atom stereocenters. The molecule has 0 radical (unpaired) electrons. The first-order valence-electron chi connectivity index (χ1n) is 13.7. The lowest BCUT2D eigenvalue weighted by molar-refractivity contribution is -0.169.